The van der Waals surface area contributed by atoms with E-state index in [1.807, 2.05) is 19.0 Å². The van der Waals surface area contributed by atoms with Crippen molar-refractivity contribution >= 4 is 11.7 Å². The summed E-state index contributed by atoms with van der Waals surface area (Å²) in [5.41, 5.74) is 0.432. The first-order valence-corrected chi connectivity index (χ1v) is 7.63. The summed E-state index contributed by atoms with van der Waals surface area (Å²) in [5.74, 6) is 0.665. The smallest absolute Gasteiger partial charge is 0.274 e. The molecule has 0 aromatic carbocycles. The zero-order valence-corrected chi connectivity index (χ0v) is 13.2. The third-order valence-corrected chi connectivity index (χ3v) is 3.62. The van der Waals surface area contributed by atoms with Crippen molar-refractivity contribution in [3.05, 3.63) is 18.1 Å². The number of hydrogen-bond donors (Lipinski definition) is 1. The molecular weight excluding hydrogens is 266 g/mol. The Morgan fingerprint density at radius 3 is 3.00 bits per heavy atom. The number of carbonyl (C=O) groups excluding carboxylic acids is 1. The van der Waals surface area contributed by atoms with E-state index in [0.29, 0.717) is 11.5 Å². The Hall–Kier alpha value is -1.69. The fourth-order valence-electron chi connectivity index (χ4n) is 2.67. The topological polar surface area (TPSA) is 61.4 Å². The summed E-state index contributed by atoms with van der Waals surface area (Å²) in [4.78, 5) is 25.2. The molecule has 2 rings (SSSR count). The summed E-state index contributed by atoms with van der Waals surface area (Å²) in [6, 6.07) is 0.279. The van der Waals surface area contributed by atoms with Crippen LogP contribution in [0.2, 0.25) is 0 Å². The van der Waals surface area contributed by atoms with Crippen LogP contribution in [0.15, 0.2) is 12.4 Å². The molecule has 1 aromatic rings. The van der Waals surface area contributed by atoms with Gasteiger partial charge in [-0.2, -0.15) is 0 Å². The Bertz CT molecular complexity index is 477. The first-order chi connectivity index (χ1) is 10.1. The Kier molecular flexibility index (Phi) is 5.50. The van der Waals surface area contributed by atoms with Crippen molar-refractivity contribution in [1.82, 2.24) is 19.8 Å². The molecule has 6 nitrogen and oxygen atoms in total. The van der Waals surface area contributed by atoms with Gasteiger partial charge in [0.15, 0.2) is 0 Å². The van der Waals surface area contributed by atoms with E-state index in [1.165, 1.54) is 0 Å². The number of amides is 1. The van der Waals surface area contributed by atoms with E-state index < -0.39 is 0 Å². The van der Waals surface area contributed by atoms with Crippen molar-refractivity contribution in [2.75, 3.05) is 39.0 Å². The molecule has 1 aliphatic heterocycles. The van der Waals surface area contributed by atoms with Gasteiger partial charge in [0.25, 0.3) is 5.91 Å². The number of carbonyl (C=O) groups is 1. The minimum atomic E-state index is -0.00741. The van der Waals surface area contributed by atoms with Crippen molar-refractivity contribution in [1.29, 1.82) is 0 Å². The molecule has 1 saturated heterocycles. The van der Waals surface area contributed by atoms with Gasteiger partial charge in [0.05, 0.1) is 12.4 Å². The SMILES string of the molecule is CCCNc1cncc(C(=O)N2CCCC2CN(C)C)n1. The molecule has 0 aliphatic carbocycles. The number of rotatable bonds is 6. The maximum Gasteiger partial charge on any atom is 0.274 e. The van der Waals surface area contributed by atoms with Gasteiger partial charge in [-0.1, -0.05) is 6.92 Å². The van der Waals surface area contributed by atoms with Crippen LogP contribution in [0.3, 0.4) is 0 Å². The predicted octanol–water partition coefficient (Wildman–Crippen LogP) is 1.46. The molecule has 21 heavy (non-hydrogen) atoms. The third-order valence-electron chi connectivity index (χ3n) is 3.62. The van der Waals surface area contributed by atoms with E-state index in [0.717, 1.165) is 38.9 Å². The molecular formula is C15H25N5O. The Morgan fingerprint density at radius 1 is 1.48 bits per heavy atom. The molecule has 0 bridgehead atoms. The van der Waals surface area contributed by atoms with Gasteiger partial charge in [0.1, 0.15) is 11.5 Å². The summed E-state index contributed by atoms with van der Waals surface area (Å²) in [5, 5.41) is 3.17. The van der Waals surface area contributed by atoms with Crippen LogP contribution >= 0.6 is 0 Å². The van der Waals surface area contributed by atoms with E-state index in [4.69, 9.17) is 0 Å². The highest BCUT2D eigenvalue weighted by atomic mass is 16.2. The zero-order valence-electron chi connectivity index (χ0n) is 13.2. The van der Waals surface area contributed by atoms with Crippen LogP contribution in [0, 0.1) is 0 Å². The molecule has 6 heteroatoms. The highest BCUT2D eigenvalue weighted by molar-refractivity contribution is 5.92. The first-order valence-electron chi connectivity index (χ1n) is 7.63. The quantitative estimate of drug-likeness (QED) is 0.860. The van der Waals surface area contributed by atoms with E-state index in [1.54, 1.807) is 12.4 Å². The zero-order chi connectivity index (χ0) is 15.2. The lowest BCUT2D eigenvalue weighted by Gasteiger charge is -2.26. The van der Waals surface area contributed by atoms with E-state index >= 15 is 0 Å². The number of anilines is 1. The number of likely N-dealkylation sites (tertiary alicyclic amines) is 1. The summed E-state index contributed by atoms with van der Waals surface area (Å²) >= 11 is 0. The van der Waals surface area contributed by atoms with Crippen molar-refractivity contribution < 1.29 is 4.79 Å². The largest absolute Gasteiger partial charge is 0.369 e. The fourth-order valence-corrected chi connectivity index (χ4v) is 2.67. The molecule has 116 valence electrons. The highest BCUT2D eigenvalue weighted by Crippen LogP contribution is 2.20. The molecule has 0 radical (unpaired) electrons. The number of hydrogen-bond acceptors (Lipinski definition) is 5. The molecule has 1 unspecified atom stereocenters. The van der Waals surface area contributed by atoms with Crippen molar-refractivity contribution in [3.8, 4) is 0 Å². The lowest BCUT2D eigenvalue weighted by atomic mass is 10.2. The predicted molar refractivity (Wildman–Crippen MR) is 83.4 cm³/mol. The molecule has 1 amide bonds. The Balaban J connectivity index is 2.08. The van der Waals surface area contributed by atoms with Crippen LogP contribution in [0.25, 0.3) is 0 Å². The lowest BCUT2D eigenvalue weighted by Crippen LogP contribution is -2.41. The average Bonchev–Trinajstić information content (AvgIpc) is 2.92. The van der Waals surface area contributed by atoms with Gasteiger partial charge in [-0.05, 0) is 33.4 Å². The van der Waals surface area contributed by atoms with Crippen LogP contribution in [-0.2, 0) is 0 Å². The summed E-state index contributed by atoms with van der Waals surface area (Å²) in [6.45, 7) is 4.63. The van der Waals surface area contributed by atoms with Crippen molar-refractivity contribution in [3.63, 3.8) is 0 Å². The standard InChI is InChI=1S/C15H25N5O/c1-4-7-17-14-10-16-9-13(18-14)15(21)20-8-5-6-12(20)11-19(2)3/h9-10,12H,4-8,11H2,1-3H3,(H,17,18). The second kappa shape index (κ2) is 7.36. The van der Waals surface area contributed by atoms with Crippen LogP contribution < -0.4 is 5.32 Å². The highest BCUT2D eigenvalue weighted by Gasteiger charge is 2.30. The first kappa shape index (κ1) is 15.7. The molecule has 2 heterocycles. The maximum atomic E-state index is 12.6. The van der Waals surface area contributed by atoms with Gasteiger partial charge in [-0.15, -0.1) is 0 Å². The van der Waals surface area contributed by atoms with Gasteiger partial charge in [-0.3, -0.25) is 9.78 Å². The maximum absolute atomic E-state index is 12.6. The van der Waals surface area contributed by atoms with Gasteiger partial charge >= 0.3 is 0 Å². The number of likely N-dealkylation sites (N-methyl/N-ethyl adjacent to an activating group) is 1. The second-order valence-electron chi connectivity index (χ2n) is 5.77. The van der Waals surface area contributed by atoms with Crippen molar-refractivity contribution in [2.24, 2.45) is 0 Å². The molecule has 1 atom stereocenters. The van der Waals surface area contributed by atoms with Crippen LogP contribution in [0.5, 0.6) is 0 Å². The average molecular weight is 291 g/mol. The molecule has 1 fully saturated rings. The lowest BCUT2D eigenvalue weighted by molar-refractivity contribution is 0.0710. The summed E-state index contributed by atoms with van der Waals surface area (Å²) in [7, 11) is 4.08. The van der Waals surface area contributed by atoms with Crippen LogP contribution in [0.4, 0.5) is 5.82 Å². The molecule has 1 aromatic heterocycles. The molecule has 0 spiro atoms. The minimum Gasteiger partial charge on any atom is -0.369 e. The molecule has 1 N–H and O–H groups in total. The Morgan fingerprint density at radius 2 is 2.29 bits per heavy atom. The van der Waals surface area contributed by atoms with E-state index in [-0.39, 0.29) is 11.9 Å². The fraction of sp³-hybridized carbons (Fsp3) is 0.667. The normalized spacial score (nSPS) is 18.3. The second-order valence-corrected chi connectivity index (χ2v) is 5.77. The van der Waals surface area contributed by atoms with Gasteiger partial charge in [0.2, 0.25) is 0 Å². The monoisotopic (exact) mass is 291 g/mol. The van der Waals surface area contributed by atoms with Crippen molar-refractivity contribution in [2.45, 2.75) is 32.2 Å². The van der Waals surface area contributed by atoms with E-state index in [9.17, 15) is 4.79 Å². The molecule has 0 saturated carbocycles. The Labute approximate surface area is 126 Å². The minimum absolute atomic E-state index is 0.00741. The summed E-state index contributed by atoms with van der Waals surface area (Å²) < 4.78 is 0. The number of nitrogens with one attached hydrogen (secondary N) is 1. The van der Waals surface area contributed by atoms with E-state index in [2.05, 4.69) is 27.1 Å². The van der Waals surface area contributed by atoms with Crippen LogP contribution in [-0.4, -0.2) is 65.4 Å². The number of nitrogens with zero attached hydrogens (tertiary/aromatic N) is 4. The molecule has 1 aliphatic rings. The number of aromatic nitrogens is 2. The van der Waals surface area contributed by atoms with Gasteiger partial charge in [0, 0.05) is 25.7 Å². The van der Waals surface area contributed by atoms with Gasteiger partial charge in [-0.25, -0.2) is 4.98 Å². The van der Waals surface area contributed by atoms with Crippen LogP contribution in [0.1, 0.15) is 36.7 Å². The summed E-state index contributed by atoms with van der Waals surface area (Å²) in [6.07, 6.45) is 6.35. The van der Waals surface area contributed by atoms with Gasteiger partial charge < -0.3 is 15.1 Å². The third kappa shape index (κ3) is 4.14.